The Morgan fingerprint density at radius 3 is 2.38 bits per heavy atom. The van der Waals surface area contributed by atoms with E-state index in [1.807, 2.05) is 19.2 Å². The van der Waals surface area contributed by atoms with Gasteiger partial charge in [0.15, 0.2) is 15.8 Å². The second-order valence-corrected chi connectivity index (χ2v) is 8.86. The van der Waals surface area contributed by atoms with E-state index in [-0.39, 0.29) is 24.0 Å². The minimum atomic E-state index is -3.13. The molecular weight excluding hydrogens is 437 g/mol. The van der Waals surface area contributed by atoms with E-state index in [4.69, 9.17) is 0 Å². The van der Waals surface area contributed by atoms with Gasteiger partial charge in [-0.15, -0.1) is 24.0 Å². The third kappa shape index (κ3) is 4.22. The zero-order chi connectivity index (χ0) is 16.5. The molecule has 24 heavy (non-hydrogen) atoms. The fraction of sp³-hybridized carbons (Fsp3) is 0.588. The van der Waals surface area contributed by atoms with Crippen molar-refractivity contribution in [2.24, 2.45) is 10.4 Å². The molecule has 2 fully saturated rings. The Balaban J connectivity index is 0.00000208. The summed E-state index contributed by atoms with van der Waals surface area (Å²) < 4.78 is 23.0. The predicted molar refractivity (Wildman–Crippen MR) is 108 cm³/mol. The van der Waals surface area contributed by atoms with E-state index < -0.39 is 9.84 Å². The first-order valence-electron chi connectivity index (χ1n) is 8.17. The van der Waals surface area contributed by atoms with E-state index in [1.54, 1.807) is 12.1 Å². The van der Waals surface area contributed by atoms with Gasteiger partial charge < -0.3 is 10.2 Å². The maximum atomic E-state index is 11.5. The van der Waals surface area contributed by atoms with Crippen molar-refractivity contribution in [3.8, 4) is 0 Å². The lowest BCUT2D eigenvalue weighted by Crippen LogP contribution is -2.42. The minimum Gasteiger partial charge on any atom is -0.352 e. The first-order valence-corrected chi connectivity index (χ1v) is 10.1. The van der Waals surface area contributed by atoms with Gasteiger partial charge in [0.25, 0.3) is 0 Å². The second-order valence-electron chi connectivity index (χ2n) is 6.84. The van der Waals surface area contributed by atoms with Crippen molar-refractivity contribution >= 4 is 39.8 Å². The van der Waals surface area contributed by atoms with Crippen molar-refractivity contribution in [3.63, 3.8) is 0 Å². The lowest BCUT2D eigenvalue weighted by Gasteiger charge is -2.38. The first kappa shape index (κ1) is 19.5. The molecule has 1 aliphatic heterocycles. The van der Waals surface area contributed by atoms with Crippen LogP contribution in [0.5, 0.6) is 0 Å². The van der Waals surface area contributed by atoms with Gasteiger partial charge >= 0.3 is 0 Å². The number of hydrogen-bond donors (Lipinski definition) is 1. The topological polar surface area (TPSA) is 61.8 Å². The predicted octanol–water partition coefficient (Wildman–Crippen LogP) is 2.66. The molecule has 1 N–H and O–H groups in total. The lowest BCUT2D eigenvalue weighted by molar-refractivity contribution is 0.151. The summed E-state index contributed by atoms with van der Waals surface area (Å²) in [4.78, 5) is 7.11. The molecule has 0 unspecified atom stereocenters. The van der Waals surface area contributed by atoms with Crippen molar-refractivity contribution in [3.05, 3.63) is 29.8 Å². The van der Waals surface area contributed by atoms with E-state index in [2.05, 4.69) is 15.2 Å². The molecule has 1 aromatic carbocycles. The molecule has 0 atom stereocenters. The van der Waals surface area contributed by atoms with Crippen LogP contribution in [0.15, 0.2) is 34.2 Å². The van der Waals surface area contributed by atoms with Crippen molar-refractivity contribution in [2.45, 2.75) is 37.1 Å². The number of hydrogen-bond acceptors (Lipinski definition) is 3. The fourth-order valence-corrected chi connectivity index (χ4v) is 4.20. The molecule has 5 nitrogen and oxygen atoms in total. The third-order valence-corrected chi connectivity index (χ3v) is 6.29. The van der Waals surface area contributed by atoms with Crippen LogP contribution in [-0.2, 0) is 16.4 Å². The van der Waals surface area contributed by atoms with Crippen molar-refractivity contribution in [2.75, 3.05) is 26.4 Å². The van der Waals surface area contributed by atoms with Crippen LogP contribution < -0.4 is 5.32 Å². The van der Waals surface area contributed by atoms with Crippen molar-refractivity contribution in [1.29, 1.82) is 0 Å². The highest BCUT2D eigenvalue weighted by Crippen LogP contribution is 2.47. The number of nitrogens with one attached hydrogen (secondary N) is 1. The smallest absolute Gasteiger partial charge is 0.193 e. The molecule has 1 spiro atoms. The third-order valence-electron chi connectivity index (χ3n) is 5.17. The van der Waals surface area contributed by atoms with Crippen LogP contribution >= 0.6 is 24.0 Å². The minimum absolute atomic E-state index is 0. The Morgan fingerprint density at radius 2 is 1.92 bits per heavy atom. The monoisotopic (exact) mass is 463 g/mol. The quantitative estimate of drug-likeness (QED) is 0.426. The van der Waals surface area contributed by atoms with Gasteiger partial charge in [-0.2, -0.15) is 0 Å². The number of sulfone groups is 1. The van der Waals surface area contributed by atoms with Crippen molar-refractivity contribution in [1.82, 2.24) is 10.2 Å². The number of aliphatic imine (C=N–C) groups is 1. The summed E-state index contributed by atoms with van der Waals surface area (Å²) in [6, 6.07) is 7.03. The molecule has 0 radical (unpaired) electrons. The maximum absolute atomic E-state index is 11.5. The van der Waals surface area contributed by atoms with Gasteiger partial charge in [0.05, 0.1) is 4.90 Å². The number of guanidine groups is 1. The van der Waals surface area contributed by atoms with Crippen LogP contribution in [0.3, 0.4) is 0 Å². The van der Waals surface area contributed by atoms with Crippen LogP contribution in [0.25, 0.3) is 0 Å². The Labute approximate surface area is 161 Å². The molecule has 2 aliphatic rings. The molecule has 1 aromatic rings. The van der Waals surface area contributed by atoms with Crippen LogP contribution in [-0.4, -0.2) is 45.7 Å². The molecule has 7 heteroatoms. The highest BCUT2D eigenvalue weighted by atomic mass is 127. The number of rotatable bonds is 3. The Hall–Kier alpha value is -0.830. The molecule has 3 rings (SSSR count). The highest BCUT2D eigenvalue weighted by molar-refractivity contribution is 14.0. The SMILES string of the molecule is CN=C(NCc1ccc(S(C)(=O)=O)cc1)N1CCC2(CCC2)C1.I. The van der Waals surface area contributed by atoms with Gasteiger partial charge in [-0.1, -0.05) is 18.6 Å². The van der Waals surface area contributed by atoms with Gasteiger partial charge in [-0.25, -0.2) is 8.42 Å². The van der Waals surface area contributed by atoms with Crippen molar-refractivity contribution < 1.29 is 8.42 Å². The zero-order valence-electron chi connectivity index (χ0n) is 14.3. The molecule has 0 bridgehead atoms. The zero-order valence-corrected chi connectivity index (χ0v) is 17.4. The van der Waals surface area contributed by atoms with E-state index >= 15 is 0 Å². The number of benzene rings is 1. The molecule has 0 aromatic heterocycles. The van der Waals surface area contributed by atoms with E-state index in [1.165, 1.54) is 31.9 Å². The van der Waals surface area contributed by atoms with Crippen LogP contribution in [0.4, 0.5) is 0 Å². The molecule has 1 saturated carbocycles. The lowest BCUT2D eigenvalue weighted by atomic mass is 9.68. The Bertz CT molecular complexity index is 697. The second kappa shape index (κ2) is 7.59. The van der Waals surface area contributed by atoms with Gasteiger partial charge in [0, 0.05) is 32.9 Å². The highest BCUT2D eigenvalue weighted by Gasteiger charge is 2.43. The van der Waals surface area contributed by atoms with Gasteiger partial charge in [0.2, 0.25) is 0 Å². The molecule has 0 amide bonds. The van der Waals surface area contributed by atoms with Crippen LogP contribution in [0, 0.1) is 5.41 Å². The van der Waals surface area contributed by atoms with Crippen LogP contribution in [0.1, 0.15) is 31.2 Å². The largest absolute Gasteiger partial charge is 0.352 e. The van der Waals surface area contributed by atoms with E-state index in [9.17, 15) is 8.42 Å². The van der Waals surface area contributed by atoms with Gasteiger partial charge in [0.1, 0.15) is 0 Å². The molecule has 1 heterocycles. The Kier molecular flexibility index (Phi) is 6.17. The van der Waals surface area contributed by atoms with E-state index in [0.717, 1.165) is 24.6 Å². The number of likely N-dealkylation sites (tertiary alicyclic amines) is 1. The molecular formula is C17H26IN3O2S. The summed E-state index contributed by atoms with van der Waals surface area (Å²) in [6.45, 7) is 2.84. The summed E-state index contributed by atoms with van der Waals surface area (Å²) in [7, 11) is -1.31. The standard InChI is InChI=1S/C17H25N3O2S.HI/c1-18-16(20-11-10-17(13-20)8-3-9-17)19-12-14-4-6-15(7-5-14)23(2,21)22;/h4-7H,3,8-13H2,1-2H3,(H,18,19);1H. The molecule has 1 aliphatic carbocycles. The number of nitrogens with zero attached hydrogens (tertiary/aromatic N) is 2. The van der Waals surface area contributed by atoms with Gasteiger partial charge in [-0.05, 0) is 42.4 Å². The molecule has 1 saturated heterocycles. The maximum Gasteiger partial charge on any atom is 0.193 e. The summed E-state index contributed by atoms with van der Waals surface area (Å²) in [6.07, 6.45) is 6.58. The fourth-order valence-electron chi connectivity index (χ4n) is 3.57. The molecule has 134 valence electrons. The first-order chi connectivity index (χ1) is 10.9. The summed E-state index contributed by atoms with van der Waals surface area (Å²) in [5.41, 5.74) is 1.60. The van der Waals surface area contributed by atoms with Crippen LogP contribution in [0.2, 0.25) is 0 Å². The Morgan fingerprint density at radius 1 is 1.25 bits per heavy atom. The normalized spacial score (nSPS) is 19.8. The van der Waals surface area contributed by atoms with Gasteiger partial charge in [-0.3, -0.25) is 4.99 Å². The summed E-state index contributed by atoms with van der Waals surface area (Å²) in [5, 5.41) is 3.40. The summed E-state index contributed by atoms with van der Waals surface area (Å²) in [5.74, 6) is 0.945. The average molecular weight is 463 g/mol. The number of halogens is 1. The van der Waals surface area contributed by atoms with E-state index in [0.29, 0.717) is 16.9 Å². The average Bonchev–Trinajstić information content (AvgIpc) is 2.93. The summed E-state index contributed by atoms with van der Waals surface area (Å²) >= 11 is 0.